The van der Waals surface area contributed by atoms with Crippen molar-refractivity contribution in [1.29, 1.82) is 0 Å². The summed E-state index contributed by atoms with van der Waals surface area (Å²) in [6.07, 6.45) is 2.79. The third kappa shape index (κ3) is 3.74. The van der Waals surface area contributed by atoms with E-state index in [2.05, 4.69) is 10.4 Å². The fraction of sp³-hybridized carbons (Fsp3) is 0.286. The molecule has 0 aliphatic rings. The highest BCUT2D eigenvalue weighted by Crippen LogP contribution is 2.08. The number of hydrogen-bond acceptors (Lipinski definition) is 3. The molecule has 5 nitrogen and oxygen atoms in total. The Morgan fingerprint density at radius 2 is 2.00 bits per heavy atom. The molecule has 0 aliphatic carbocycles. The Morgan fingerprint density at radius 1 is 1.35 bits per heavy atom. The minimum absolute atomic E-state index is 0. The summed E-state index contributed by atoms with van der Waals surface area (Å²) in [6, 6.07) is 6.87. The number of aromatic nitrogens is 2. The van der Waals surface area contributed by atoms with Gasteiger partial charge in [-0.25, -0.2) is 0 Å². The zero-order valence-electron chi connectivity index (χ0n) is 11.6. The average Bonchev–Trinajstić information content (AvgIpc) is 2.77. The van der Waals surface area contributed by atoms with Gasteiger partial charge in [0.2, 0.25) is 0 Å². The Labute approximate surface area is 124 Å². The van der Waals surface area contributed by atoms with Crippen LogP contribution < -0.4 is 11.1 Å². The lowest BCUT2D eigenvalue weighted by Crippen LogP contribution is -2.23. The predicted octanol–water partition coefficient (Wildman–Crippen LogP) is 1.92. The Balaban J connectivity index is 0.00000200. The van der Waals surface area contributed by atoms with Crippen LogP contribution in [0.15, 0.2) is 30.5 Å². The van der Waals surface area contributed by atoms with Crippen molar-refractivity contribution in [2.75, 3.05) is 5.73 Å². The number of anilines is 1. The van der Waals surface area contributed by atoms with E-state index in [1.807, 2.05) is 20.2 Å². The van der Waals surface area contributed by atoms with Crippen LogP contribution in [-0.2, 0) is 20.0 Å². The zero-order chi connectivity index (χ0) is 13.8. The number of nitrogens with one attached hydrogen (secondary N) is 1. The van der Waals surface area contributed by atoms with Crippen LogP contribution in [0.25, 0.3) is 0 Å². The number of halogens is 1. The molecule has 1 heterocycles. The topological polar surface area (TPSA) is 72.9 Å². The lowest BCUT2D eigenvalue weighted by Gasteiger charge is -2.05. The zero-order valence-corrected chi connectivity index (χ0v) is 12.4. The van der Waals surface area contributed by atoms with Crippen LogP contribution in [0.4, 0.5) is 5.69 Å². The van der Waals surface area contributed by atoms with Crippen LogP contribution in [0.5, 0.6) is 0 Å². The molecule has 0 bridgehead atoms. The second-order valence-electron chi connectivity index (χ2n) is 4.43. The van der Waals surface area contributed by atoms with Gasteiger partial charge in [-0.1, -0.05) is 6.92 Å². The Kier molecular flexibility index (Phi) is 5.58. The molecular weight excluding hydrogens is 276 g/mol. The lowest BCUT2D eigenvalue weighted by atomic mass is 10.1. The maximum atomic E-state index is 12.0. The van der Waals surface area contributed by atoms with Gasteiger partial charge in [0.25, 0.3) is 5.91 Å². The first kappa shape index (κ1) is 16.0. The molecule has 1 amide bonds. The van der Waals surface area contributed by atoms with Crippen LogP contribution in [-0.4, -0.2) is 15.7 Å². The van der Waals surface area contributed by atoms with Gasteiger partial charge in [-0.05, 0) is 30.7 Å². The smallest absolute Gasteiger partial charge is 0.251 e. The van der Waals surface area contributed by atoms with Crippen molar-refractivity contribution < 1.29 is 4.79 Å². The van der Waals surface area contributed by atoms with Gasteiger partial charge >= 0.3 is 0 Å². The molecule has 0 spiro atoms. The van der Waals surface area contributed by atoms with Crippen LogP contribution in [0.3, 0.4) is 0 Å². The monoisotopic (exact) mass is 294 g/mol. The van der Waals surface area contributed by atoms with Gasteiger partial charge in [0, 0.05) is 36.6 Å². The van der Waals surface area contributed by atoms with Crippen LogP contribution in [0.2, 0.25) is 0 Å². The second-order valence-corrected chi connectivity index (χ2v) is 4.43. The molecular formula is C14H19ClN4O. The van der Waals surface area contributed by atoms with E-state index in [1.54, 1.807) is 28.9 Å². The molecule has 1 aromatic heterocycles. The number of aryl methyl sites for hydroxylation is 2. The van der Waals surface area contributed by atoms with Gasteiger partial charge in [0.05, 0.1) is 5.69 Å². The molecule has 0 fully saturated rings. The molecule has 3 N–H and O–H groups in total. The number of nitrogen functional groups attached to an aromatic ring is 1. The average molecular weight is 295 g/mol. The summed E-state index contributed by atoms with van der Waals surface area (Å²) < 4.78 is 1.77. The molecule has 0 radical (unpaired) electrons. The van der Waals surface area contributed by atoms with Crippen LogP contribution in [0.1, 0.15) is 28.5 Å². The summed E-state index contributed by atoms with van der Waals surface area (Å²) in [6.45, 7) is 2.54. The second kappa shape index (κ2) is 6.96. The quantitative estimate of drug-likeness (QED) is 0.846. The minimum atomic E-state index is -0.106. The largest absolute Gasteiger partial charge is 0.399 e. The van der Waals surface area contributed by atoms with E-state index in [0.717, 1.165) is 17.7 Å². The molecule has 0 aliphatic heterocycles. The Hall–Kier alpha value is -2.01. The molecule has 0 atom stereocenters. The molecule has 1 aromatic carbocycles. The van der Waals surface area contributed by atoms with E-state index >= 15 is 0 Å². The standard InChI is InChI=1S/C14H18N4O.ClH/c1-3-13-11(9-18(2)17-13)8-16-14(19)10-4-6-12(15)7-5-10;/h4-7,9H,3,8,15H2,1-2H3,(H,16,19);1H. The summed E-state index contributed by atoms with van der Waals surface area (Å²) >= 11 is 0. The molecule has 0 unspecified atom stereocenters. The summed E-state index contributed by atoms with van der Waals surface area (Å²) in [7, 11) is 1.88. The SMILES string of the molecule is CCc1nn(C)cc1CNC(=O)c1ccc(N)cc1.Cl. The molecule has 6 heteroatoms. The van der Waals surface area contributed by atoms with Crippen LogP contribution in [0, 0.1) is 0 Å². The number of amides is 1. The molecule has 2 aromatic rings. The number of carbonyl (C=O) groups excluding carboxylic acids is 1. The number of carbonyl (C=O) groups is 1. The Bertz CT molecular complexity index is 577. The third-order valence-electron chi connectivity index (χ3n) is 2.94. The fourth-order valence-corrected chi connectivity index (χ4v) is 1.94. The fourth-order valence-electron chi connectivity index (χ4n) is 1.94. The lowest BCUT2D eigenvalue weighted by molar-refractivity contribution is 0.0951. The summed E-state index contributed by atoms with van der Waals surface area (Å²) in [5, 5.41) is 7.23. The van der Waals surface area contributed by atoms with Gasteiger partial charge in [0.15, 0.2) is 0 Å². The van der Waals surface area contributed by atoms with Gasteiger partial charge in [0.1, 0.15) is 0 Å². The molecule has 0 saturated heterocycles. The Morgan fingerprint density at radius 3 is 2.60 bits per heavy atom. The normalized spacial score (nSPS) is 9.90. The molecule has 0 saturated carbocycles. The van der Waals surface area contributed by atoms with Crippen molar-refractivity contribution in [2.24, 2.45) is 7.05 Å². The van der Waals surface area contributed by atoms with Crippen molar-refractivity contribution in [1.82, 2.24) is 15.1 Å². The van der Waals surface area contributed by atoms with Crippen molar-refractivity contribution in [2.45, 2.75) is 19.9 Å². The first-order valence-corrected chi connectivity index (χ1v) is 6.25. The van der Waals surface area contributed by atoms with E-state index in [4.69, 9.17) is 5.73 Å². The first-order valence-electron chi connectivity index (χ1n) is 6.25. The van der Waals surface area contributed by atoms with E-state index in [1.165, 1.54) is 0 Å². The maximum absolute atomic E-state index is 12.0. The van der Waals surface area contributed by atoms with Crippen molar-refractivity contribution >= 4 is 24.0 Å². The number of benzene rings is 1. The molecule has 2 rings (SSSR count). The van der Waals surface area contributed by atoms with Crippen molar-refractivity contribution in [3.05, 3.63) is 47.3 Å². The van der Waals surface area contributed by atoms with Crippen molar-refractivity contribution in [3.63, 3.8) is 0 Å². The highest BCUT2D eigenvalue weighted by atomic mass is 35.5. The van der Waals surface area contributed by atoms with E-state index < -0.39 is 0 Å². The molecule has 20 heavy (non-hydrogen) atoms. The van der Waals surface area contributed by atoms with Crippen molar-refractivity contribution in [3.8, 4) is 0 Å². The summed E-state index contributed by atoms with van der Waals surface area (Å²) in [5.41, 5.74) is 8.91. The third-order valence-corrected chi connectivity index (χ3v) is 2.94. The number of hydrogen-bond donors (Lipinski definition) is 2. The van der Waals surface area contributed by atoms with Gasteiger partial charge in [-0.3, -0.25) is 9.48 Å². The van der Waals surface area contributed by atoms with Gasteiger partial charge in [-0.2, -0.15) is 5.10 Å². The van der Waals surface area contributed by atoms with E-state index in [-0.39, 0.29) is 18.3 Å². The van der Waals surface area contributed by atoms with E-state index in [0.29, 0.717) is 17.8 Å². The van der Waals surface area contributed by atoms with Gasteiger partial charge < -0.3 is 11.1 Å². The van der Waals surface area contributed by atoms with E-state index in [9.17, 15) is 4.79 Å². The predicted molar refractivity (Wildman–Crippen MR) is 81.9 cm³/mol. The first-order chi connectivity index (χ1) is 9.10. The highest BCUT2D eigenvalue weighted by Gasteiger charge is 2.09. The maximum Gasteiger partial charge on any atom is 0.251 e. The number of rotatable bonds is 4. The van der Waals surface area contributed by atoms with Crippen LogP contribution >= 0.6 is 12.4 Å². The van der Waals surface area contributed by atoms with Gasteiger partial charge in [-0.15, -0.1) is 12.4 Å². The molecule has 108 valence electrons. The summed E-state index contributed by atoms with van der Waals surface area (Å²) in [4.78, 5) is 12.0. The summed E-state index contributed by atoms with van der Waals surface area (Å²) in [5.74, 6) is -0.106. The highest BCUT2D eigenvalue weighted by molar-refractivity contribution is 5.94. The number of nitrogens with two attached hydrogens (primary N) is 1. The minimum Gasteiger partial charge on any atom is -0.399 e. The number of nitrogens with zero attached hydrogens (tertiary/aromatic N) is 2.